The maximum absolute atomic E-state index is 13.4. The summed E-state index contributed by atoms with van der Waals surface area (Å²) >= 11 is 0. The van der Waals surface area contributed by atoms with Crippen molar-refractivity contribution in [1.29, 1.82) is 0 Å². The molecule has 2 heterocycles. The normalized spacial score (nSPS) is 28.2. The Labute approximate surface area is 313 Å². The third kappa shape index (κ3) is 7.82. The highest BCUT2D eigenvalue weighted by molar-refractivity contribution is 7.98. The fourth-order valence-corrected chi connectivity index (χ4v) is 14.9. The SMILES string of the molecule is O=C1CC(c2cc(C3CCCCC3)c(S(=O)(=O)O)c(C3CCCC(C4CCC[S+]4c4ccc(OCC5CCCCC5)c5ccccc45)C3)c2)CCO1. The Morgan fingerprint density at radius 2 is 1.46 bits per heavy atom. The number of hydrogen-bond acceptors (Lipinski definition) is 5. The number of cyclic esters (lactones) is 1. The van der Waals surface area contributed by atoms with E-state index < -0.39 is 10.1 Å². The first-order chi connectivity index (χ1) is 25.3. The van der Waals surface area contributed by atoms with E-state index in [2.05, 4.69) is 42.5 Å². The van der Waals surface area contributed by atoms with Crippen molar-refractivity contribution in [3.63, 3.8) is 0 Å². The number of carbonyl (C=O) groups excluding carboxylic acids is 1. The molecule has 5 fully saturated rings. The minimum absolute atomic E-state index is 0.0146. The van der Waals surface area contributed by atoms with Crippen molar-refractivity contribution >= 4 is 37.8 Å². The summed E-state index contributed by atoms with van der Waals surface area (Å²) in [6.07, 6.45) is 19.3. The van der Waals surface area contributed by atoms with Gasteiger partial charge in [-0.3, -0.25) is 9.35 Å². The monoisotopic (exact) mass is 745 g/mol. The van der Waals surface area contributed by atoms with Crippen LogP contribution >= 0.6 is 0 Å². The lowest BCUT2D eigenvalue weighted by molar-refractivity contribution is -0.147. The van der Waals surface area contributed by atoms with Crippen molar-refractivity contribution in [3.8, 4) is 5.75 Å². The molecule has 8 heteroatoms. The molecular formula is C44H57O6S2+. The molecule has 0 spiro atoms. The number of esters is 1. The molecule has 5 aliphatic rings. The Kier molecular flexibility index (Phi) is 11.2. The molecule has 2 aliphatic heterocycles. The molecule has 0 radical (unpaired) electrons. The zero-order valence-electron chi connectivity index (χ0n) is 30.7. The second-order valence-electron chi connectivity index (χ2n) is 16.6. The lowest BCUT2D eigenvalue weighted by Gasteiger charge is -2.35. The van der Waals surface area contributed by atoms with Crippen molar-refractivity contribution in [2.45, 2.75) is 148 Å². The fraction of sp³-hybridized carbons (Fsp3) is 0.614. The molecule has 1 N–H and O–H groups in total. The van der Waals surface area contributed by atoms with Gasteiger partial charge < -0.3 is 9.47 Å². The number of hydrogen-bond donors (Lipinski definition) is 1. The van der Waals surface area contributed by atoms with Crippen LogP contribution in [0.15, 0.2) is 58.3 Å². The Bertz CT molecular complexity index is 1840. The van der Waals surface area contributed by atoms with Gasteiger partial charge >= 0.3 is 5.97 Å². The van der Waals surface area contributed by atoms with Crippen LogP contribution < -0.4 is 4.74 Å². The van der Waals surface area contributed by atoms with E-state index in [9.17, 15) is 17.8 Å². The van der Waals surface area contributed by atoms with E-state index in [1.165, 1.54) is 66.4 Å². The van der Waals surface area contributed by atoms with Gasteiger partial charge in [0, 0.05) is 34.0 Å². The van der Waals surface area contributed by atoms with Gasteiger partial charge in [0.15, 0.2) is 4.90 Å². The van der Waals surface area contributed by atoms with Crippen molar-refractivity contribution in [2.24, 2.45) is 11.8 Å². The summed E-state index contributed by atoms with van der Waals surface area (Å²) in [6, 6.07) is 17.6. The Morgan fingerprint density at radius 3 is 2.21 bits per heavy atom. The Hall–Kier alpha value is -2.55. The van der Waals surface area contributed by atoms with Crippen LogP contribution in [0.1, 0.15) is 150 Å². The van der Waals surface area contributed by atoms with Gasteiger partial charge in [0.2, 0.25) is 0 Å². The molecule has 3 aromatic rings. The zero-order valence-corrected chi connectivity index (χ0v) is 32.4. The van der Waals surface area contributed by atoms with E-state index in [1.807, 2.05) is 6.07 Å². The summed E-state index contributed by atoms with van der Waals surface area (Å²) in [6.45, 7) is 1.20. The summed E-state index contributed by atoms with van der Waals surface area (Å²) < 4.78 is 49.7. The van der Waals surface area contributed by atoms with Gasteiger partial charge in [-0.2, -0.15) is 8.42 Å². The third-order valence-electron chi connectivity index (χ3n) is 13.3. The number of ether oxygens (including phenoxy) is 2. The fourth-order valence-electron chi connectivity index (χ4n) is 10.7. The van der Waals surface area contributed by atoms with Gasteiger partial charge in [-0.25, -0.2) is 0 Å². The van der Waals surface area contributed by atoms with Crippen LogP contribution in [0.5, 0.6) is 5.75 Å². The van der Waals surface area contributed by atoms with Gasteiger partial charge in [0.25, 0.3) is 10.1 Å². The number of fused-ring (bicyclic) bond motifs is 1. The van der Waals surface area contributed by atoms with Crippen LogP contribution in [0, 0.1) is 11.8 Å². The summed E-state index contributed by atoms with van der Waals surface area (Å²) in [4.78, 5) is 14.1. The second-order valence-corrected chi connectivity index (χ2v) is 20.3. The molecule has 3 aromatic carbocycles. The van der Waals surface area contributed by atoms with Gasteiger partial charge in [-0.1, -0.05) is 75.3 Å². The summed E-state index contributed by atoms with van der Waals surface area (Å²) in [5.74, 6) is 3.38. The van der Waals surface area contributed by atoms with Crippen molar-refractivity contribution in [1.82, 2.24) is 0 Å². The number of carbonyl (C=O) groups is 1. The highest BCUT2D eigenvalue weighted by atomic mass is 32.2. The van der Waals surface area contributed by atoms with E-state index in [0.29, 0.717) is 30.1 Å². The first-order valence-electron chi connectivity index (χ1n) is 20.5. The maximum Gasteiger partial charge on any atom is 0.306 e. The lowest BCUT2D eigenvalue weighted by Crippen LogP contribution is -2.31. The van der Waals surface area contributed by atoms with Gasteiger partial charge in [-0.05, 0) is 116 Å². The van der Waals surface area contributed by atoms with Crippen molar-refractivity contribution in [2.75, 3.05) is 19.0 Å². The smallest absolute Gasteiger partial charge is 0.306 e. The average molecular weight is 746 g/mol. The predicted octanol–water partition coefficient (Wildman–Crippen LogP) is 10.6. The molecule has 3 saturated carbocycles. The van der Waals surface area contributed by atoms with Gasteiger partial charge in [0.05, 0.1) is 19.6 Å². The Balaban J connectivity index is 1.10. The minimum atomic E-state index is -4.45. The molecule has 3 aliphatic carbocycles. The van der Waals surface area contributed by atoms with E-state index in [0.717, 1.165) is 93.3 Å². The van der Waals surface area contributed by atoms with E-state index in [4.69, 9.17) is 9.47 Å². The molecule has 280 valence electrons. The van der Waals surface area contributed by atoms with Crippen LogP contribution in [0.4, 0.5) is 0 Å². The molecule has 2 saturated heterocycles. The molecule has 8 rings (SSSR count). The van der Waals surface area contributed by atoms with E-state index >= 15 is 0 Å². The molecule has 0 amide bonds. The average Bonchev–Trinajstić information content (AvgIpc) is 3.67. The Morgan fingerprint density at radius 1 is 0.750 bits per heavy atom. The topological polar surface area (TPSA) is 89.9 Å². The summed E-state index contributed by atoms with van der Waals surface area (Å²) in [5.41, 5.74) is 2.67. The van der Waals surface area contributed by atoms with Crippen molar-refractivity contribution < 1.29 is 27.2 Å². The molecular weight excluding hydrogens is 689 g/mol. The summed E-state index contributed by atoms with van der Waals surface area (Å²) in [5, 5.41) is 3.12. The quantitative estimate of drug-likeness (QED) is 0.133. The largest absolute Gasteiger partial charge is 0.493 e. The standard InChI is InChI=1S/C44H56O6S2/c45-43-28-32(22-23-49-43)35-26-38(31-13-5-2-6-14-31)44(52(46,47)48)39(27-35)33-15-9-16-34(25-33)41-19-10-24-51(41)42-21-20-40(36-17-7-8-18-37(36)42)50-29-30-11-3-1-4-12-30/h7-8,17-18,20-21,26-27,30-34,41H,1-6,9-16,19,22-25,28-29H2/p+1. The highest BCUT2D eigenvalue weighted by Gasteiger charge is 2.46. The van der Waals surface area contributed by atoms with E-state index in [1.54, 1.807) is 0 Å². The van der Waals surface area contributed by atoms with Crippen molar-refractivity contribution in [3.05, 3.63) is 65.2 Å². The third-order valence-corrected chi connectivity index (χ3v) is 17.3. The van der Waals surface area contributed by atoms with Gasteiger partial charge in [-0.15, -0.1) is 0 Å². The zero-order chi connectivity index (χ0) is 35.7. The molecule has 6 nitrogen and oxygen atoms in total. The van der Waals surface area contributed by atoms with Gasteiger partial charge in [0.1, 0.15) is 21.6 Å². The molecule has 0 bridgehead atoms. The number of benzene rings is 3. The molecule has 5 unspecified atom stereocenters. The second kappa shape index (κ2) is 16.0. The minimum Gasteiger partial charge on any atom is -0.493 e. The van der Waals surface area contributed by atoms with Crippen LogP contribution in [0.25, 0.3) is 10.8 Å². The lowest BCUT2D eigenvalue weighted by atomic mass is 9.73. The van der Waals surface area contributed by atoms with E-state index in [-0.39, 0.29) is 39.5 Å². The van der Waals surface area contributed by atoms with Crippen LogP contribution in [-0.2, 0) is 30.5 Å². The summed E-state index contributed by atoms with van der Waals surface area (Å²) in [7, 11) is -4.36. The highest BCUT2D eigenvalue weighted by Crippen LogP contribution is 2.49. The first kappa shape index (κ1) is 36.4. The number of rotatable bonds is 9. The maximum atomic E-state index is 13.4. The first-order valence-corrected chi connectivity index (χ1v) is 23.4. The van der Waals surface area contributed by atoms with Crippen LogP contribution in [0.3, 0.4) is 0 Å². The predicted molar refractivity (Wildman–Crippen MR) is 209 cm³/mol. The molecule has 0 aromatic heterocycles. The molecule has 5 atom stereocenters. The van der Waals surface area contributed by atoms with Crippen LogP contribution in [0.2, 0.25) is 0 Å². The molecule has 52 heavy (non-hydrogen) atoms. The van der Waals surface area contributed by atoms with Crippen LogP contribution in [-0.4, -0.2) is 43.2 Å².